The van der Waals surface area contributed by atoms with Crippen LogP contribution in [0.25, 0.3) is 0 Å². The number of alkyl halides is 4. The topological polar surface area (TPSA) is 92.7 Å². The van der Waals surface area contributed by atoms with Crippen LogP contribution in [0.4, 0.5) is 17.6 Å². The Morgan fingerprint density at radius 3 is 2.17 bits per heavy atom. The van der Waals surface area contributed by atoms with Crippen LogP contribution >= 0.6 is 0 Å². The molecule has 1 rings (SSSR count). The molecule has 140 valence electrons. The molecule has 1 saturated carbocycles. The van der Waals surface area contributed by atoms with Crippen molar-refractivity contribution < 1.29 is 44.8 Å². The van der Waals surface area contributed by atoms with Gasteiger partial charge in [0.2, 0.25) is 0 Å². The van der Waals surface area contributed by atoms with E-state index >= 15 is 0 Å². The number of ether oxygens (including phenoxy) is 2. The van der Waals surface area contributed by atoms with Crippen molar-refractivity contribution in [2.75, 3.05) is 6.61 Å². The molecule has 0 amide bonds. The fraction of sp³-hybridized carbons (Fsp3) is 0.769. The summed E-state index contributed by atoms with van der Waals surface area (Å²) >= 11 is 0. The molecule has 6 nitrogen and oxygen atoms in total. The van der Waals surface area contributed by atoms with E-state index in [1.807, 2.05) is 0 Å². The van der Waals surface area contributed by atoms with Gasteiger partial charge in [-0.05, 0) is 32.6 Å². The number of rotatable bonds is 7. The van der Waals surface area contributed by atoms with Crippen molar-refractivity contribution in [1.29, 1.82) is 0 Å². The summed E-state index contributed by atoms with van der Waals surface area (Å²) in [7, 11) is -6.66. The average Bonchev–Trinajstić information content (AvgIpc) is 2.43. The first-order valence-electron chi connectivity index (χ1n) is 6.98. The predicted molar refractivity (Wildman–Crippen MR) is 72.3 cm³/mol. The maximum Gasteiger partial charge on any atom is 0.434 e. The summed E-state index contributed by atoms with van der Waals surface area (Å²) in [5.74, 6) is -1.12. The van der Waals surface area contributed by atoms with Crippen molar-refractivity contribution >= 4 is 16.1 Å². The molecule has 11 heteroatoms. The van der Waals surface area contributed by atoms with Crippen LogP contribution < -0.4 is 0 Å². The summed E-state index contributed by atoms with van der Waals surface area (Å²) < 4.78 is 91.2. The minimum absolute atomic E-state index is 0.551. The Kier molecular flexibility index (Phi) is 6.05. The quantitative estimate of drug-likeness (QED) is 0.293. The van der Waals surface area contributed by atoms with Gasteiger partial charge in [-0.1, -0.05) is 13.0 Å². The molecule has 1 aliphatic rings. The number of esters is 1. The van der Waals surface area contributed by atoms with Gasteiger partial charge in [-0.25, -0.2) is 13.2 Å². The molecule has 0 aromatic rings. The largest absolute Gasteiger partial charge is 0.743 e. The van der Waals surface area contributed by atoms with Crippen molar-refractivity contribution in [2.24, 2.45) is 0 Å². The number of hydrogen-bond acceptors (Lipinski definition) is 6. The van der Waals surface area contributed by atoms with E-state index in [2.05, 4.69) is 11.3 Å². The van der Waals surface area contributed by atoms with Gasteiger partial charge in [-0.15, -0.1) is 0 Å². The smallest absolute Gasteiger partial charge is 0.434 e. The number of carbonyl (C=O) groups excluding carboxylic acids is 1. The number of hydrogen-bond donors (Lipinski definition) is 0. The summed E-state index contributed by atoms with van der Waals surface area (Å²) in [6, 6.07) is 0. The van der Waals surface area contributed by atoms with Crippen LogP contribution in [0.15, 0.2) is 12.2 Å². The summed E-state index contributed by atoms with van der Waals surface area (Å²) in [4.78, 5) is 11.8. The zero-order chi connectivity index (χ0) is 18.8. The summed E-state index contributed by atoms with van der Waals surface area (Å²) in [6.45, 7) is 3.31. The van der Waals surface area contributed by atoms with Crippen molar-refractivity contribution in [3.8, 4) is 0 Å². The molecular formula is C13H17F4O6S-. The highest BCUT2D eigenvalue weighted by Crippen LogP contribution is 2.39. The highest BCUT2D eigenvalue weighted by molar-refractivity contribution is 7.86. The predicted octanol–water partition coefficient (Wildman–Crippen LogP) is 2.56. The Bertz CT molecular complexity index is 596. The number of carbonyl (C=O) groups is 1. The molecule has 1 fully saturated rings. The minimum Gasteiger partial charge on any atom is -0.743 e. The van der Waals surface area contributed by atoms with E-state index in [9.17, 15) is 35.3 Å². The molecule has 1 aliphatic carbocycles. The molecular weight excluding hydrogens is 360 g/mol. The lowest BCUT2D eigenvalue weighted by Gasteiger charge is -2.33. The number of halogens is 4. The van der Waals surface area contributed by atoms with Gasteiger partial charge in [0, 0.05) is 0 Å². The molecule has 0 bridgehead atoms. The maximum absolute atomic E-state index is 13.1. The molecule has 0 aromatic heterocycles. The van der Waals surface area contributed by atoms with Crippen LogP contribution in [0.2, 0.25) is 0 Å². The first-order valence-corrected chi connectivity index (χ1v) is 8.39. The van der Waals surface area contributed by atoms with Crippen LogP contribution in [-0.2, 0) is 24.4 Å². The molecule has 0 radical (unpaired) electrons. The molecule has 0 saturated heterocycles. The van der Waals surface area contributed by atoms with Crippen LogP contribution in [0.1, 0.15) is 39.0 Å². The average molecular weight is 377 g/mol. The van der Waals surface area contributed by atoms with E-state index in [1.165, 1.54) is 0 Å². The minimum atomic E-state index is -6.66. The Morgan fingerprint density at radius 1 is 1.21 bits per heavy atom. The second kappa shape index (κ2) is 6.96. The Hall–Kier alpha value is -1.20. The molecule has 24 heavy (non-hydrogen) atoms. The second-order valence-corrected chi connectivity index (χ2v) is 7.20. The summed E-state index contributed by atoms with van der Waals surface area (Å²) in [6.07, 6.45) is -1.95. The van der Waals surface area contributed by atoms with E-state index < -0.39 is 45.2 Å². The standard InChI is InChI=1S/C13H18F4O6S/c1-9(10(18)23-11(2)6-4-3-5-7-11)8-22-12(14,15)13(16,17)24(19,20)21/h1,3-8H2,2H3,(H,19,20,21)/p-1. The van der Waals surface area contributed by atoms with Crippen LogP contribution in [0.3, 0.4) is 0 Å². The van der Waals surface area contributed by atoms with Crippen LogP contribution in [0.5, 0.6) is 0 Å². The van der Waals surface area contributed by atoms with Crippen molar-refractivity contribution in [3.05, 3.63) is 12.2 Å². The zero-order valence-electron chi connectivity index (χ0n) is 12.8. The molecule has 0 atom stereocenters. The monoisotopic (exact) mass is 377 g/mol. The summed E-state index contributed by atoms with van der Waals surface area (Å²) in [5, 5.41) is -5.99. The first-order chi connectivity index (χ1) is 10.7. The fourth-order valence-corrected chi connectivity index (χ4v) is 2.51. The van der Waals surface area contributed by atoms with E-state index in [4.69, 9.17) is 4.74 Å². The van der Waals surface area contributed by atoms with E-state index in [0.29, 0.717) is 12.8 Å². The molecule has 0 unspecified atom stereocenters. The van der Waals surface area contributed by atoms with E-state index in [-0.39, 0.29) is 0 Å². The lowest BCUT2D eigenvalue weighted by Crippen LogP contribution is -2.49. The third-order valence-electron chi connectivity index (χ3n) is 3.62. The molecule has 0 aromatic carbocycles. The van der Waals surface area contributed by atoms with E-state index in [1.54, 1.807) is 6.92 Å². The van der Waals surface area contributed by atoms with Crippen LogP contribution in [-0.4, -0.2) is 42.5 Å². The highest BCUT2D eigenvalue weighted by atomic mass is 32.2. The third kappa shape index (κ3) is 4.67. The van der Waals surface area contributed by atoms with Gasteiger partial charge in [0.15, 0.2) is 10.1 Å². The Balaban J connectivity index is 2.66. The zero-order valence-corrected chi connectivity index (χ0v) is 13.6. The SMILES string of the molecule is C=C(COC(F)(F)C(F)(F)S(=O)(=O)[O-])C(=O)OC1(C)CCCCC1. The van der Waals surface area contributed by atoms with Crippen molar-refractivity contribution in [1.82, 2.24) is 0 Å². The highest BCUT2D eigenvalue weighted by Gasteiger charge is 2.63. The van der Waals surface area contributed by atoms with Crippen molar-refractivity contribution in [2.45, 2.75) is 56.0 Å². The maximum atomic E-state index is 13.1. The third-order valence-corrected chi connectivity index (χ3v) is 4.49. The normalized spacial score (nSPS) is 18.9. The molecule has 0 N–H and O–H groups in total. The molecule has 0 spiro atoms. The van der Waals surface area contributed by atoms with Gasteiger partial charge in [-0.3, -0.25) is 0 Å². The summed E-state index contributed by atoms with van der Waals surface area (Å²) in [5.41, 5.74) is -1.52. The fourth-order valence-electron chi connectivity index (χ4n) is 2.16. The molecule has 0 aliphatic heterocycles. The second-order valence-electron chi connectivity index (χ2n) is 5.78. The van der Waals surface area contributed by atoms with E-state index in [0.717, 1.165) is 19.3 Å². The van der Waals surface area contributed by atoms with Gasteiger partial charge < -0.3 is 14.0 Å². The van der Waals surface area contributed by atoms with Gasteiger partial charge in [0.05, 0.1) is 12.2 Å². The van der Waals surface area contributed by atoms with Crippen LogP contribution in [0, 0.1) is 0 Å². The lowest BCUT2D eigenvalue weighted by atomic mass is 9.86. The van der Waals surface area contributed by atoms with Gasteiger partial charge >= 0.3 is 17.3 Å². The van der Waals surface area contributed by atoms with Crippen molar-refractivity contribution in [3.63, 3.8) is 0 Å². The Morgan fingerprint density at radius 2 is 1.71 bits per heavy atom. The van der Waals surface area contributed by atoms with Gasteiger partial charge in [0.25, 0.3) is 0 Å². The van der Waals surface area contributed by atoms with Gasteiger partial charge in [-0.2, -0.15) is 17.6 Å². The lowest BCUT2D eigenvalue weighted by molar-refractivity contribution is -0.314. The molecule has 0 heterocycles. The first kappa shape index (κ1) is 20.8. The Labute approximate surface area is 136 Å². The van der Waals surface area contributed by atoms with Gasteiger partial charge in [0.1, 0.15) is 5.60 Å².